The molecular formula is C13H13FN4. The van der Waals surface area contributed by atoms with E-state index in [4.69, 9.17) is 5.26 Å². The fraction of sp³-hybridized carbons (Fsp3) is 0.231. The molecule has 1 aromatic heterocycles. The molecular weight excluding hydrogens is 231 g/mol. The van der Waals surface area contributed by atoms with E-state index in [1.54, 1.807) is 18.3 Å². The van der Waals surface area contributed by atoms with E-state index in [9.17, 15) is 4.39 Å². The van der Waals surface area contributed by atoms with Crippen LogP contribution in [0.5, 0.6) is 0 Å². The second kappa shape index (κ2) is 5.32. The van der Waals surface area contributed by atoms with Crippen LogP contribution in [0.1, 0.15) is 11.1 Å². The van der Waals surface area contributed by atoms with E-state index >= 15 is 0 Å². The Morgan fingerprint density at radius 3 is 2.94 bits per heavy atom. The van der Waals surface area contributed by atoms with E-state index in [1.165, 1.54) is 12.1 Å². The maximum absolute atomic E-state index is 13.3. The molecule has 0 spiro atoms. The first-order valence-corrected chi connectivity index (χ1v) is 5.61. The van der Waals surface area contributed by atoms with Crippen LogP contribution in [-0.4, -0.2) is 16.3 Å². The van der Waals surface area contributed by atoms with Gasteiger partial charge in [-0.05, 0) is 30.7 Å². The zero-order chi connectivity index (χ0) is 13.0. The predicted octanol–water partition coefficient (Wildman–Crippen LogP) is 2.31. The SMILES string of the molecule is Cc1cnn(CCNc2ccc(C#N)c(F)c2)c1. The van der Waals surface area contributed by atoms with Gasteiger partial charge < -0.3 is 5.32 Å². The Morgan fingerprint density at radius 2 is 2.33 bits per heavy atom. The molecule has 0 aliphatic rings. The van der Waals surface area contributed by atoms with E-state index in [-0.39, 0.29) is 5.56 Å². The van der Waals surface area contributed by atoms with E-state index in [1.807, 2.05) is 17.8 Å². The van der Waals surface area contributed by atoms with E-state index < -0.39 is 5.82 Å². The largest absolute Gasteiger partial charge is 0.383 e. The molecule has 2 rings (SSSR count). The molecule has 1 N–H and O–H groups in total. The summed E-state index contributed by atoms with van der Waals surface area (Å²) in [7, 11) is 0. The van der Waals surface area contributed by atoms with Gasteiger partial charge in [0.15, 0.2) is 0 Å². The lowest BCUT2D eigenvalue weighted by atomic mass is 10.2. The standard InChI is InChI=1S/C13H13FN4/c1-10-8-17-18(9-10)5-4-16-12-3-2-11(7-15)13(14)6-12/h2-3,6,8-9,16H,4-5H2,1H3. The number of nitriles is 1. The molecule has 4 nitrogen and oxygen atoms in total. The first kappa shape index (κ1) is 12.1. The molecule has 0 saturated carbocycles. The number of aryl methyl sites for hydroxylation is 1. The Morgan fingerprint density at radius 1 is 1.50 bits per heavy atom. The minimum Gasteiger partial charge on any atom is -0.383 e. The van der Waals surface area contributed by atoms with Crippen LogP contribution < -0.4 is 5.32 Å². The van der Waals surface area contributed by atoms with Crippen molar-refractivity contribution in [2.24, 2.45) is 0 Å². The van der Waals surface area contributed by atoms with Crippen LogP contribution in [0.25, 0.3) is 0 Å². The molecule has 0 radical (unpaired) electrons. The maximum atomic E-state index is 13.3. The van der Waals surface area contributed by atoms with Gasteiger partial charge in [0.2, 0.25) is 0 Å². The average Bonchev–Trinajstić information content (AvgIpc) is 2.75. The Bertz CT molecular complexity index is 583. The van der Waals surface area contributed by atoms with Gasteiger partial charge in [0.1, 0.15) is 11.9 Å². The van der Waals surface area contributed by atoms with Gasteiger partial charge in [0, 0.05) is 18.4 Å². The normalized spacial score (nSPS) is 10.1. The van der Waals surface area contributed by atoms with Crippen LogP contribution in [0.2, 0.25) is 0 Å². The van der Waals surface area contributed by atoms with Gasteiger partial charge in [0.25, 0.3) is 0 Å². The minimum absolute atomic E-state index is 0.0586. The molecule has 0 unspecified atom stereocenters. The second-order valence-corrected chi connectivity index (χ2v) is 4.01. The number of hydrogen-bond donors (Lipinski definition) is 1. The maximum Gasteiger partial charge on any atom is 0.143 e. The molecule has 0 saturated heterocycles. The van der Waals surface area contributed by atoms with Gasteiger partial charge in [-0.1, -0.05) is 0 Å². The van der Waals surface area contributed by atoms with Crippen molar-refractivity contribution in [1.82, 2.24) is 9.78 Å². The predicted molar refractivity (Wildman–Crippen MR) is 66.6 cm³/mol. The van der Waals surface area contributed by atoms with Crippen LogP contribution in [0.3, 0.4) is 0 Å². The molecule has 0 aliphatic heterocycles. The van der Waals surface area contributed by atoms with Gasteiger partial charge in [-0.25, -0.2) is 4.39 Å². The zero-order valence-corrected chi connectivity index (χ0v) is 10.0. The van der Waals surface area contributed by atoms with Crippen molar-refractivity contribution in [3.63, 3.8) is 0 Å². The summed E-state index contributed by atoms with van der Waals surface area (Å²) >= 11 is 0. The molecule has 92 valence electrons. The summed E-state index contributed by atoms with van der Waals surface area (Å²) < 4.78 is 15.1. The first-order valence-electron chi connectivity index (χ1n) is 5.61. The quantitative estimate of drug-likeness (QED) is 0.898. The molecule has 0 amide bonds. The lowest BCUT2D eigenvalue weighted by molar-refractivity contribution is 0.622. The monoisotopic (exact) mass is 244 g/mol. The first-order chi connectivity index (χ1) is 8.69. The minimum atomic E-state index is -0.502. The molecule has 0 atom stereocenters. The number of benzene rings is 1. The molecule has 5 heteroatoms. The van der Waals surface area contributed by atoms with Crippen LogP contribution in [0.15, 0.2) is 30.6 Å². The molecule has 1 heterocycles. The lowest BCUT2D eigenvalue weighted by Crippen LogP contribution is -2.10. The number of hydrogen-bond acceptors (Lipinski definition) is 3. The topological polar surface area (TPSA) is 53.6 Å². The number of nitrogens with one attached hydrogen (secondary N) is 1. The van der Waals surface area contributed by atoms with Crippen LogP contribution in [0, 0.1) is 24.1 Å². The number of halogens is 1. The Balaban J connectivity index is 1.91. The third kappa shape index (κ3) is 2.86. The van der Waals surface area contributed by atoms with Gasteiger partial charge in [-0.2, -0.15) is 10.4 Å². The van der Waals surface area contributed by atoms with Gasteiger partial charge >= 0.3 is 0 Å². The molecule has 1 aromatic carbocycles. The third-order valence-electron chi connectivity index (χ3n) is 2.52. The molecule has 0 bridgehead atoms. The lowest BCUT2D eigenvalue weighted by Gasteiger charge is -2.07. The highest BCUT2D eigenvalue weighted by Crippen LogP contribution is 2.13. The van der Waals surface area contributed by atoms with Crippen molar-refractivity contribution in [2.45, 2.75) is 13.5 Å². The number of anilines is 1. The summed E-state index contributed by atoms with van der Waals surface area (Å²) in [5, 5.41) is 15.9. The highest BCUT2D eigenvalue weighted by Gasteiger charge is 2.02. The van der Waals surface area contributed by atoms with E-state index in [2.05, 4.69) is 10.4 Å². The van der Waals surface area contributed by atoms with Crippen LogP contribution in [0.4, 0.5) is 10.1 Å². The summed E-state index contributed by atoms with van der Waals surface area (Å²) in [6.45, 7) is 3.33. The highest BCUT2D eigenvalue weighted by molar-refractivity contribution is 5.47. The number of nitrogens with zero attached hydrogens (tertiary/aromatic N) is 3. The van der Waals surface area contributed by atoms with Gasteiger partial charge in [-0.3, -0.25) is 4.68 Å². The second-order valence-electron chi connectivity index (χ2n) is 4.01. The van der Waals surface area contributed by atoms with Crippen molar-refractivity contribution in [1.29, 1.82) is 5.26 Å². The molecule has 0 fully saturated rings. The Labute approximate surface area is 105 Å². The highest BCUT2D eigenvalue weighted by atomic mass is 19.1. The number of rotatable bonds is 4. The summed E-state index contributed by atoms with van der Waals surface area (Å²) in [4.78, 5) is 0. The zero-order valence-electron chi connectivity index (χ0n) is 10.0. The van der Waals surface area contributed by atoms with Crippen molar-refractivity contribution < 1.29 is 4.39 Å². The van der Waals surface area contributed by atoms with E-state index in [0.717, 1.165) is 5.56 Å². The van der Waals surface area contributed by atoms with Crippen LogP contribution in [-0.2, 0) is 6.54 Å². The summed E-state index contributed by atoms with van der Waals surface area (Å²) in [6.07, 6.45) is 3.74. The van der Waals surface area contributed by atoms with Gasteiger partial charge in [-0.15, -0.1) is 0 Å². The summed E-state index contributed by atoms with van der Waals surface area (Å²) in [5.74, 6) is -0.502. The smallest absolute Gasteiger partial charge is 0.143 e. The van der Waals surface area contributed by atoms with Crippen molar-refractivity contribution in [3.05, 3.63) is 47.5 Å². The molecule has 18 heavy (non-hydrogen) atoms. The third-order valence-corrected chi connectivity index (χ3v) is 2.52. The Hall–Kier alpha value is -2.35. The fourth-order valence-electron chi connectivity index (χ4n) is 1.62. The van der Waals surface area contributed by atoms with Gasteiger partial charge in [0.05, 0.1) is 18.3 Å². The van der Waals surface area contributed by atoms with Crippen molar-refractivity contribution in [3.8, 4) is 6.07 Å². The molecule has 0 aliphatic carbocycles. The van der Waals surface area contributed by atoms with Crippen molar-refractivity contribution >= 4 is 5.69 Å². The average molecular weight is 244 g/mol. The fourth-order valence-corrected chi connectivity index (χ4v) is 1.62. The Kier molecular flexibility index (Phi) is 3.58. The van der Waals surface area contributed by atoms with E-state index in [0.29, 0.717) is 18.8 Å². The van der Waals surface area contributed by atoms with Crippen molar-refractivity contribution in [2.75, 3.05) is 11.9 Å². The van der Waals surface area contributed by atoms with Crippen LogP contribution >= 0.6 is 0 Å². The summed E-state index contributed by atoms with van der Waals surface area (Å²) in [5.41, 5.74) is 1.83. The molecule has 2 aromatic rings. The number of aromatic nitrogens is 2. The summed E-state index contributed by atoms with van der Waals surface area (Å²) in [6, 6.07) is 6.27.